The molecule has 4 nitrogen and oxygen atoms in total. The molecular formula is C13H15N3OS. The second kappa shape index (κ2) is 4.78. The minimum Gasteiger partial charge on any atom is -0.375 e. The number of aryl methyl sites for hydroxylation is 3. The maximum atomic E-state index is 12.2. The van der Waals surface area contributed by atoms with Crippen molar-refractivity contribution in [2.45, 2.75) is 20.8 Å². The summed E-state index contributed by atoms with van der Waals surface area (Å²) in [7, 11) is 0. The zero-order chi connectivity index (χ0) is 13.3. The van der Waals surface area contributed by atoms with E-state index < -0.39 is 0 Å². The Morgan fingerprint density at radius 3 is 2.39 bits per heavy atom. The molecule has 3 N–H and O–H groups in total. The van der Waals surface area contributed by atoms with Crippen LogP contribution in [0.15, 0.2) is 18.2 Å². The minimum atomic E-state index is -0.154. The molecule has 0 spiro atoms. The summed E-state index contributed by atoms with van der Waals surface area (Å²) in [6.07, 6.45) is 0. The second-order valence-electron chi connectivity index (χ2n) is 4.19. The minimum absolute atomic E-state index is 0.154. The Morgan fingerprint density at radius 2 is 1.89 bits per heavy atom. The quantitative estimate of drug-likeness (QED) is 0.873. The lowest BCUT2D eigenvalue weighted by atomic mass is 10.1. The number of hydrogen-bond acceptors (Lipinski definition) is 4. The third-order valence-corrected chi connectivity index (χ3v) is 3.72. The average Bonchev–Trinajstić information content (AvgIpc) is 2.63. The molecule has 0 aliphatic rings. The van der Waals surface area contributed by atoms with E-state index >= 15 is 0 Å². The number of nitrogens with two attached hydrogens (primary N) is 1. The van der Waals surface area contributed by atoms with Crippen LogP contribution in [-0.4, -0.2) is 10.9 Å². The van der Waals surface area contributed by atoms with Crippen molar-refractivity contribution < 1.29 is 4.79 Å². The summed E-state index contributed by atoms with van der Waals surface area (Å²) in [5, 5.41) is 3.34. The fraction of sp³-hybridized carbons (Fsp3) is 0.231. The Hall–Kier alpha value is -1.88. The van der Waals surface area contributed by atoms with Gasteiger partial charge in [0.2, 0.25) is 0 Å². The average molecular weight is 261 g/mol. The van der Waals surface area contributed by atoms with Crippen LogP contribution in [0.25, 0.3) is 0 Å². The number of thiazole rings is 1. The largest absolute Gasteiger partial charge is 0.375 e. The van der Waals surface area contributed by atoms with Crippen LogP contribution >= 0.6 is 11.3 Å². The van der Waals surface area contributed by atoms with E-state index in [1.165, 1.54) is 11.3 Å². The van der Waals surface area contributed by atoms with Crippen molar-refractivity contribution in [3.63, 3.8) is 0 Å². The number of benzene rings is 1. The van der Waals surface area contributed by atoms with E-state index in [0.29, 0.717) is 15.7 Å². The van der Waals surface area contributed by atoms with Gasteiger partial charge in [-0.25, -0.2) is 4.98 Å². The summed E-state index contributed by atoms with van der Waals surface area (Å²) in [5.74, 6) is -0.154. The van der Waals surface area contributed by atoms with Crippen molar-refractivity contribution in [2.75, 3.05) is 11.1 Å². The lowest BCUT2D eigenvalue weighted by molar-refractivity contribution is 0.102. The van der Waals surface area contributed by atoms with Gasteiger partial charge < -0.3 is 11.1 Å². The maximum Gasteiger partial charge on any atom is 0.267 e. The van der Waals surface area contributed by atoms with Crippen molar-refractivity contribution >= 4 is 28.1 Å². The Bertz CT molecular complexity index is 584. The number of amides is 1. The highest BCUT2D eigenvalue weighted by Gasteiger charge is 2.15. The zero-order valence-electron chi connectivity index (χ0n) is 10.6. The molecule has 0 fully saturated rings. The second-order valence-corrected chi connectivity index (χ2v) is 5.22. The molecule has 0 aliphatic carbocycles. The van der Waals surface area contributed by atoms with Crippen LogP contribution in [0.1, 0.15) is 26.5 Å². The molecule has 1 aromatic heterocycles. The molecule has 0 saturated heterocycles. The number of nitrogens with one attached hydrogen (secondary N) is 1. The molecule has 0 bridgehead atoms. The fourth-order valence-electron chi connectivity index (χ4n) is 1.81. The molecule has 18 heavy (non-hydrogen) atoms. The van der Waals surface area contributed by atoms with Crippen molar-refractivity contribution in [1.29, 1.82) is 0 Å². The van der Waals surface area contributed by atoms with Gasteiger partial charge in [0.1, 0.15) is 4.88 Å². The molecule has 0 atom stereocenters. The van der Waals surface area contributed by atoms with Gasteiger partial charge in [0.05, 0.1) is 5.69 Å². The highest BCUT2D eigenvalue weighted by atomic mass is 32.1. The van der Waals surface area contributed by atoms with E-state index in [0.717, 1.165) is 16.8 Å². The van der Waals surface area contributed by atoms with Crippen molar-refractivity contribution in [3.8, 4) is 0 Å². The highest BCUT2D eigenvalue weighted by Crippen LogP contribution is 2.24. The monoisotopic (exact) mass is 261 g/mol. The van der Waals surface area contributed by atoms with Crippen LogP contribution in [-0.2, 0) is 0 Å². The van der Waals surface area contributed by atoms with E-state index in [2.05, 4.69) is 10.3 Å². The van der Waals surface area contributed by atoms with Gasteiger partial charge in [0, 0.05) is 5.69 Å². The van der Waals surface area contributed by atoms with Crippen LogP contribution in [0.2, 0.25) is 0 Å². The van der Waals surface area contributed by atoms with Crippen molar-refractivity contribution in [1.82, 2.24) is 4.98 Å². The first-order chi connectivity index (χ1) is 8.49. The van der Waals surface area contributed by atoms with Crippen LogP contribution in [0.5, 0.6) is 0 Å². The third kappa shape index (κ3) is 2.36. The van der Waals surface area contributed by atoms with Gasteiger partial charge >= 0.3 is 0 Å². The normalized spacial score (nSPS) is 10.4. The van der Waals surface area contributed by atoms with Gasteiger partial charge in [-0.05, 0) is 31.9 Å². The molecule has 0 unspecified atom stereocenters. The van der Waals surface area contributed by atoms with Crippen LogP contribution in [0.4, 0.5) is 10.8 Å². The molecule has 1 heterocycles. The summed E-state index contributed by atoms with van der Waals surface area (Å²) >= 11 is 1.21. The van der Waals surface area contributed by atoms with Gasteiger partial charge in [0.15, 0.2) is 5.13 Å². The molecule has 1 aromatic carbocycles. The maximum absolute atomic E-state index is 12.2. The van der Waals surface area contributed by atoms with Crippen molar-refractivity contribution in [2.24, 2.45) is 0 Å². The number of carbonyl (C=O) groups excluding carboxylic acids is 1. The number of nitrogens with zero attached hydrogens (tertiary/aromatic N) is 1. The molecule has 2 rings (SSSR count). The fourth-order valence-corrected chi connectivity index (χ4v) is 2.54. The summed E-state index contributed by atoms with van der Waals surface area (Å²) < 4.78 is 0. The predicted octanol–water partition coefficient (Wildman–Crippen LogP) is 2.90. The molecule has 1 amide bonds. The van der Waals surface area contributed by atoms with E-state index in [1.54, 1.807) is 6.92 Å². The zero-order valence-corrected chi connectivity index (χ0v) is 11.4. The van der Waals surface area contributed by atoms with E-state index in [4.69, 9.17) is 5.73 Å². The highest BCUT2D eigenvalue weighted by molar-refractivity contribution is 7.17. The molecule has 0 aliphatic heterocycles. The first kappa shape index (κ1) is 12.6. The number of carbonyl (C=O) groups is 1. The van der Waals surface area contributed by atoms with Crippen molar-refractivity contribution in [3.05, 3.63) is 39.9 Å². The third-order valence-electron chi connectivity index (χ3n) is 2.74. The van der Waals surface area contributed by atoms with Gasteiger partial charge in [-0.3, -0.25) is 4.79 Å². The number of rotatable bonds is 2. The van der Waals surface area contributed by atoms with Crippen LogP contribution < -0.4 is 11.1 Å². The number of hydrogen-bond donors (Lipinski definition) is 2. The number of para-hydroxylation sites is 1. The molecule has 2 aromatic rings. The Kier molecular flexibility index (Phi) is 3.34. The molecule has 5 heteroatoms. The smallest absolute Gasteiger partial charge is 0.267 e. The van der Waals surface area contributed by atoms with Gasteiger partial charge in [0.25, 0.3) is 5.91 Å². The van der Waals surface area contributed by atoms with Crippen LogP contribution in [0.3, 0.4) is 0 Å². The number of anilines is 2. The number of aromatic nitrogens is 1. The van der Waals surface area contributed by atoms with E-state index in [9.17, 15) is 4.79 Å². The molecular weight excluding hydrogens is 246 g/mol. The lowest BCUT2D eigenvalue weighted by Gasteiger charge is -2.10. The summed E-state index contributed by atoms with van der Waals surface area (Å²) in [6, 6.07) is 5.91. The SMILES string of the molecule is Cc1cccc(C)c1NC(=O)c1sc(N)nc1C. The van der Waals surface area contributed by atoms with E-state index in [-0.39, 0.29) is 5.91 Å². The Labute approximate surface area is 110 Å². The summed E-state index contributed by atoms with van der Waals surface area (Å²) in [4.78, 5) is 16.8. The summed E-state index contributed by atoms with van der Waals surface area (Å²) in [5.41, 5.74) is 9.20. The predicted molar refractivity (Wildman–Crippen MR) is 75.1 cm³/mol. The summed E-state index contributed by atoms with van der Waals surface area (Å²) in [6.45, 7) is 5.72. The topological polar surface area (TPSA) is 68.0 Å². The first-order valence-corrected chi connectivity index (χ1v) is 6.41. The van der Waals surface area contributed by atoms with E-state index in [1.807, 2.05) is 32.0 Å². The molecule has 0 saturated carbocycles. The number of nitrogen functional groups attached to an aromatic ring is 1. The van der Waals surface area contributed by atoms with Gasteiger partial charge in [-0.2, -0.15) is 0 Å². The van der Waals surface area contributed by atoms with Crippen LogP contribution in [0, 0.1) is 20.8 Å². The molecule has 94 valence electrons. The Balaban J connectivity index is 2.30. The standard InChI is InChI=1S/C13H15N3OS/c1-7-5-4-6-8(2)10(7)16-12(17)11-9(3)15-13(14)18-11/h4-6H,1-3H3,(H2,14,15)(H,16,17). The first-order valence-electron chi connectivity index (χ1n) is 5.59. The lowest BCUT2D eigenvalue weighted by Crippen LogP contribution is -2.13. The van der Waals surface area contributed by atoms with Gasteiger partial charge in [-0.1, -0.05) is 29.5 Å². The Morgan fingerprint density at radius 1 is 1.28 bits per heavy atom. The van der Waals surface area contributed by atoms with Gasteiger partial charge in [-0.15, -0.1) is 0 Å². The molecule has 0 radical (unpaired) electrons.